The number of nitrogens with two attached hydrogens (primary N) is 1. The Balaban J connectivity index is 1.66. The fraction of sp³-hybridized carbons (Fsp3) is 0.533. The SMILES string of the molecule is CC(C)c1cccc(NC(N)=NC2CC23CC3)c1. The van der Waals surface area contributed by atoms with Gasteiger partial charge in [0.05, 0.1) is 6.04 Å². The number of hydrogen-bond acceptors (Lipinski definition) is 1. The molecule has 96 valence electrons. The van der Waals surface area contributed by atoms with Gasteiger partial charge in [0.25, 0.3) is 0 Å². The van der Waals surface area contributed by atoms with Crippen LogP contribution in [0.3, 0.4) is 0 Å². The Morgan fingerprint density at radius 2 is 2.22 bits per heavy atom. The Labute approximate surface area is 108 Å². The first kappa shape index (κ1) is 11.6. The van der Waals surface area contributed by atoms with Gasteiger partial charge >= 0.3 is 0 Å². The van der Waals surface area contributed by atoms with Crippen molar-refractivity contribution in [3.63, 3.8) is 0 Å². The highest BCUT2D eigenvalue weighted by Gasteiger charge is 2.63. The minimum Gasteiger partial charge on any atom is -0.370 e. The van der Waals surface area contributed by atoms with Gasteiger partial charge in [-0.3, -0.25) is 0 Å². The van der Waals surface area contributed by atoms with Crippen molar-refractivity contribution in [2.75, 3.05) is 5.32 Å². The summed E-state index contributed by atoms with van der Waals surface area (Å²) in [4.78, 5) is 4.56. The molecule has 2 aliphatic rings. The van der Waals surface area contributed by atoms with Gasteiger partial charge in [-0.1, -0.05) is 26.0 Å². The molecule has 3 heteroatoms. The van der Waals surface area contributed by atoms with E-state index in [1.54, 1.807) is 0 Å². The number of guanidine groups is 1. The second-order valence-corrected chi connectivity index (χ2v) is 6.00. The topological polar surface area (TPSA) is 50.4 Å². The van der Waals surface area contributed by atoms with Crippen LogP contribution in [0.4, 0.5) is 5.69 Å². The number of hydrogen-bond donors (Lipinski definition) is 2. The zero-order chi connectivity index (χ0) is 12.8. The minimum atomic E-state index is 0.485. The average molecular weight is 243 g/mol. The third-order valence-electron chi connectivity index (χ3n) is 4.16. The Morgan fingerprint density at radius 1 is 1.44 bits per heavy atom. The fourth-order valence-electron chi connectivity index (χ4n) is 2.53. The van der Waals surface area contributed by atoms with Gasteiger partial charge in [0, 0.05) is 5.69 Å². The summed E-state index contributed by atoms with van der Waals surface area (Å²) in [5.41, 5.74) is 8.89. The summed E-state index contributed by atoms with van der Waals surface area (Å²) < 4.78 is 0. The van der Waals surface area contributed by atoms with Gasteiger partial charge in [-0.25, -0.2) is 4.99 Å². The first-order valence-electron chi connectivity index (χ1n) is 6.79. The van der Waals surface area contributed by atoms with Gasteiger partial charge in [0.15, 0.2) is 5.96 Å². The van der Waals surface area contributed by atoms with Crippen molar-refractivity contribution in [3.05, 3.63) is 29.8 Å². The lowest BCUT2D eigenvalue weighted by Crippen LogP contribution is -2.23. The van der Waals surface area contributed by atoms with Crippen LogP contribution in [0.15, 0.2) is 29.3 Å². The molecule has 18 heavy (non-hydrogen) atoms. The third-order valence-corrected chi connectivity index (χ3v) is 4.16. The molecule has 0 aromatic heterocycles. The van der Waals surface area contributed by atoms with Gasteiger partial charge in [-0.05, 0) is 48.3 Å². The highest BCUT2D eigenvalue weighted by atomic mass is 15.1. The highest BCUT2D eigenvalue weighted by Crippen LogP contribution is 2.67. The van der Waals surface area contributed by atoms with Crippen LogP contribution in [0.5, 0.6) is 0 Å². The molecule has 1 unspecified atom stereocenters. The number of aliphatic imine (C=N–C) groups is 1. The van der Waals surface area contributed by atoms with E-state index in [0.717, 1.165) is 5.69 Å². The maximum absolute atomic E-state index is 5.96. The van der Waals surface area contributed by atoms with E-state index in [1.165, 1.54) is 24.8 Å². The van der Waals surface area contributed by atoms with Crippen LogP contribution in [-0.4, -0.2) is 12.0 Å². The molecule has 0 amide bonds. The fourth-order valence-corrected chi connectivity index (χ4v) is 2.53. The van der Waals surface area contributed by atoms with E-state index in [4.69, 9.17) is 5.73 Å². The van der Waals surface area contributed by atoms with E-state index in [9.17, 15) is 0 Å². The second kappa shape index (κ2) is 4.01. The predicted molar refractivity (Wildman–Crippen MR) is 75.8 cm³/mol. The molecule has 2 aliphatic carbocycles. The highest BCUT2D eigenvalue weighted by molar-refractivity contribution is 5.92. The standard InChI is InChI=1S/C15H21N3/c1-10(2)11-4-3-5-12(8-11)17-14(16)18-13-9-15(13)6-7-15/h3-5,8,10,13H,6-7,9H2,1-2H3,(H3,16,17,18). The largest absolute Gasteiger partial charge is 0.370 e. The molecule has 1 aromatic rings. The Morgan fingerprint density at radius 3 is 2.83 bits per heavy atom. The van der Waals surface area contributed by atoms with Crippen molar-refractivity contribution in [2.45, 2.75) is 45.1 Å². The summed E-state index contributed by atoms with van der Waals surface area (Å²) in [5.74, 6) is 1.09. The Kier molecular flexibility index (Phi) is 2.58. The van der Waals surface area contributed by atoms with E-state index in [2.05, 4.69) is 42.4 Å². The van der Waals surface area contributed by atoms with Crippen LogP contribution >= 0.6 is 0 Å². The number of benzene rings is 1. The monoisotopic (exact) mass is 243 g/mol. The molecule has 0 aliphatic heterocycles. The molecule has 3 nitrogen and oxygen atoms in total. The summed E-state index contributed by atoms with van der Waals surface area (Å²) in [6.07, 6.45) is 3.93. The van der Waals surface area contributed by atoms with Crippen LogP contribution in [0.1, 0.15) is 44.6 Å². The van der Waals surface area contributed by atoms with Crippen LogP contribution in [0, 0.1) is 5.41 Å². The van der Waals surface area contributed by atoms with Crippen molar-refractivity contribution in [1.82, 2.24) is 0 Å². The minimum absolute atomic E-state index is 0.485. The Hall–Kier alpha value is -1.51. The summed E-state index contributed by atoms with van der Waals surface area (Å²) in [6.45, 7) is 4.38. The molecular formula is C15H21N3. The van der Waals surface area contributed by atoms with Crippen molar-refractivity contribution in [2.24, 2.45) is 16.1 Å². The molecule has 0 bridgehead atoms. The number of anilines is 1. The third kappa shape index (κ3) is 2.22. The normalized spacial score (nSPS) is 24.4. The van der Waals surface area contributed by atoms with Crippen LogP contribution in [-0.2, 0) is 0 Å². The first-order valence-corrected chi connectivity index (χ1v) is 6.79. The predicted octanol–water partition coefficient (Wildman–Crippen LogP) is 3.09. The number of rotatable bonds is 3. The summed E-state index contributed by atoms with van der Waals surface area (Å²) >= 11 is 0. The molecule has 0 radical (unpaired) electrons. The van der Waals surface area contributed by atoms with Gasteiger partial charge < -0.3 is 11.1 Å². The molecule has 1 aromatic carbocycles. The zero-order valence-corrected chi connectivity index (χ0v) is 11.1. The molecule has 2 saturated carbocycles. The summed E-state index contributed by atoms with van der Waals surface area (Å²) in [7, 11) is 0. The summed E-state index contributed by atoms with van der Waals surface area (Å²) in [6, 6.07) is 8.87. The number of nitrogens with one attached hydrogen (secondary N) is 1. The van der Waals surface area contributed by atoms with Crippen molar-refractivity contribution >= 4 is 11.6 Å². The van der Waals surface area contributed by atoms with Crippen LogP contribution in [0.2, 0.25) is 0 Å². The molecule has 1 atom stereocenters. The van der Waals surface area contributed by atoms with E-state index in [1.807, 2.05) is 6.07 Å². The van der Waals surface area contributed by atoms with E-state index in [-0.39, 0.29) is 0 Å². The Bertz CT molecular complexity index is 486. The van der Waals surface area contributed by atoms with Gasteiger partial charge in [0.1, 0.15) is 0 Å². The zero-order valence-electron chi connectivity index (χ0n) is 11.1. The van der Waals surface area contributed by atoms with Crippen molar-refractivity contribution in [3.8, 4) is 0 Å². The molecule has 0 heterocycles. The second-order valence-electron chi connectivity index (χ2n) is 6.00. The quantitative estimate of drug-likeness (QED) is 0.633. The smallest absolute Gasteiger partial charge is 0.193 e. The van der Waals surface area contributed by atoms with Crippen LogP contribution in [0.25, 0.3) is 0 Å². The number of nitrogens with zero attached hydrogens (tertiary/aromatic N) is 1. The lowest BCUT2D eigenvalue weighted by Gasteiger charge is -2.09. The van der Waals surface area contributed by atoms with Gasteiger partial charge in [-0.15, -0.1) is 0 Å². The van der Waals surface area contributed by atoms with Crippen molar-refractivity contribution in [1.29, 1.82) is 0 Å². The lowest BCUT2D eigenvalue weighted by molar-refractivity contribution is 0.825. The maximum Gasteiger partial charge on any atom is 0.193 e. The average Bonchev–Trinajstić information content (AvgIpc) is 3.21. The molecular weight excluding hydrogens is 222 g/mol. The van der Waals surface area contributed by atoms with E-state index in [0.29, 0.717) is 23.3 Å². The van der Waals surface area contributed by atoms with Crippen LogP contribution < -0.4 is 11.1 Å². The molecule has 3 rings (SSSR count). The summed E-state index contributed by atoms with van der Waals surface area (Å²) in [5, 5.41) is 3.20. The maximum atomic E-state index is 5.96. The van der Waals surface area contributed by atoms with Gasteiger partial charge in [0.2, 0.25) is 0 Å². The molecule has 2 fully saturated rings. The van der Waals surface area contributed by atoms with E-state index >= 15 is 0 Å². The molecule has 1 spiro atoms. The van der Waals surface area contributed by atoms with Gasteiger partial charge in [-0.2, -0.15) is 0 Å². The molecule has 0 saturated heterocycles. The van der Waals surface area contributed by atoms with Crippen molar-refractivity contribution < 1.29 is 0 Å². The molecule has 3 N–H and O–H groups in total. The first-order chi connectivity index (χ1) is 8.59. The van der Waals surface area contributed by atoms with E-state index < -0.39 is 0 Å². The lowest BCUT2D eigenvalue weighted by atomic mass is 10.0.